The van der Waals surface area contributed by atoms with E-state index in [2.05, 4.69) is 31.9 Å². The van der Waals surface area contributed by atoms with Crippen molar-refractivity contribution in [1.29, 1.82) is 5.26 Å². The van der Waals surface area contributed by atoms with Gasteiger partial charge in [-0.15, -0.1) is 0 Å². The molecule has 194 valence electrons. The van der Waals surface area contributed by atoms with E-state index in [1.54, 1.807) is 16.6 Å². The number of H-pyrrole nitrogens is 1. The number of hydrogen-bond acceptors (Lipinski definition) is 9. The van der Waals surface area contributed by atoms with Gasteiger partial charge in [0, 0.05) is 54.9 Å². The molecule has 2 unspecified atom stereocenters. The van der Waals surface area contributed by atoms with Crippen LogP contribution in [-0.2, 0) is 16.8 Å². The highest BCUT2D eigenvalue weighted by atomic mass is 32.2. The number of hydrogen-bond donors (Lipinski definition) is 4. The summed E-state index contributed by atoms with van der Waals surface area (Å²) in [7, 11) is -3.58. The molecule has 6 heterocycles. The summed E-state index contributed by atoms with van der Waals surface area (Å²) < 4.78 is 30.0. The lowest BCUT2D eigenvalue weighted by atomic mass is 9.84. The van der Waals surface area contributed by atoms with Gasteiger partial charge in [0.1, 0.15) is 11.6 Å². The highest BCUT2D eigenvalue weighted by Crippen LogP contribution is 2.39. The van der Waals surface area contributed by atoms with Gasteiger partial charge in [-0.2, -0.15) is 27.4 Å². The number of fused-ring (bicyclic) bond motifs is 3. The van der Waals surface area contributed by atoms with Crippen molar-refractivity contribution in [1.82, 2.24) is 28.8 Å². The third-order valence-corrected chi connectivity index (χ3v) is 9.61. The quantitative estimate of drug-likeness (QED) is 0.363. The van der Waals surface area contributed by atoms with Crippen LogP contribution in [0.5, 0.6) is 0 Å². The predicted molar refractivity (Wildman–Crippen MR) is 137 cm³/mol. The van der Waals surface area contributed by atoms with Crippen LogP contribution in [0, 0.1) is 17.2 Å². The predicted octanol–water partition coefficient (Wildman–Crippen LogP) is 2.09. The average molecular weight is 524 g/mol. The third kappa shape index (κ3) is 4.50. The van der Waals surface area contributed by atoms with E-state index in [0.717, 1.165) is 30.2 Å². The lowest BCUT2D eigenvalue weighted by molar-refractivity contribution is 0.0984. The monoisotopic (exact) mass is 523 g/mol. The maximum absolute atomic E-state index is 13.4. The molecule has 2 bridgehead atoms. The Morgan fingerprint density at radius 3 is 2.68 bits per heavy atom. The van der Waals surface area contributed by atoms with Crippen LogP contribution in [-0.4, -0.2) is 73.5 Å². The minimum atomic E-state index is -3.58. The number of rotatable bonds is 7. The van der Waals surface area contributed by atoms with Crippen molar-refractivity contribution in [2.75, 3.05) is 23.7 Å². The van der Waals surface area contributed by atoms with Crippen LogP contribution in [0.2, 0.25) is 0 Å². The van der Waals surface area contributed by atoms with Crippen LogP contribution in [0.25, 0.3) is 10.9 Å². The molecular weight excluding hydrogens is 494 g/mol. The van der Waals surface area contributed by atoms with Crippen molar-refractivity contribution in [2.24, 2.45) is 5.92 Å². The number of aromatic nitrogens is 4. The maximum atomic E-state index is 13.4. The Morgan fingerprint density at radius 1 is 1.19 bits per heavy atom. The number of aliphatic hydroxyl groups is 1. The molecule has 3 aromatic heterocycles. The van der Waals surface area contributed by atoms with Crippen molar-refractivity contribution in [3.8, 4) is 6.07 Å². The van der Waals surface area contributed by atoms with E-state index >= 15 is 0 Å². The zero-order valence-electron chi connectivity index (χ0n) is 20.2. The summed E-state index contributed by atoms with van der Waals surface area (Å²) in [6, 6.07) is 9.46. The fourth-order valence-corrected chi connectivity index (χ4v) is 7.89. The highest BCUT2D eigenvalue weighted by molar-refractivity contribution is 7.86. The van der Waals surface area contributed by atoms with E-state index in [9.17, 15) is 13.5 Å². The Bertz CT molecular complexity index is 1430. The fourth-order valence-electron chi connectivity index (χ4n) is 5.75. The number of piperidine rings is 2. The number of nitrogens with zero attached hydrogens (tertiary/aromatic N) is 6. The van der Waals surface area contributed by atoms with Crippen LogP contribution in [0.3, 0.4) is 0 Å². The van der Waals surface area contributed by atoms with E-state index in [1.807, 2.05) is 18.2 Å². The second-order valence-corrected chi connectivity index (χ2v) is 11.9. The molecule has 0 radical (unpaired) electrons. The summed E-state index contributed by atoms with van der Waals surface area (Å²) >= 11 is 0. The normalized spacial score (nSPS) is 24.9. The molecule has 0 spiro atoms. The van der Waals surface area contributed by atoms with Gasteiger partial charge in [-0.3, -0.25) is 10.1 Å². The van der Waals surface area contributed by atoms with Gasteiger partial charge >= 0.3 is 0 Å². The molecule has 2 atom stereocenters. The molecule has 3 saturated heterocycles. The summed E-state index contributed by atoms with van der Waals surface area (Å²) in [4.78, 5) is 9.31. The molecule has 3 fully saturated rings. The maximum Gasteiger partial charge on any atom is 0.282 e. The first kappa shape index (κ1) is 24.1. The fraction of sp³-hybridized carbons (Fsp3) is 0.500. The second kappa shape index (κ2) is 9.53. The summed E-state index contributed by atoms with van der Waals surface area (Å²) in [6.45, 7) is 0.436. The van der Waals surface area contributed by atoms with E-state index in [-0.39, 0.29) is 43.7 Å². The molecule has 12 nitrogen and oxygen atoms in total. The van der Waals surface area contributed by atoms with E-state index in [4.69, 9.17) is 10.2 Å². The number of aliphatic hydroxyl groups excluding tert-OH is 1. The van der Waals surface area contributed by atoms with Crippen molar-refractivity contribution in [3.05, 3.63) is 36.2 Å². The molecule has 0 aromatic carbocycles. The summed E-state index contributed by atoms with van der Waals surface area (Å²) in [6.07, 6.45) is 5.77. The summed E-state index contributed by atoms with van der Waals surface area (Å²) in [5, 5.41) is 33.0. The van der Waals surface area contributed by atoms with Crippen LogP contribution >= 0.6 is 0 Å². The van der Waals surface area contributed by atoms with Gasteiger partial charge in [0.2, 0.25) is 0 Å². The molecule has 3 aromatic rings. The Balaban J connectivity index is 1.23. The first-order valence-corrected chi connectivity index (χ1v) is 14.0. The lowest BCUT2D eigenvalue weighted by Gasteiger charge is -2.50. The third-order valence-electron chi connectivity index (χ3n) is 7.53. The van der Waals surface area contributed by atoms with Gasteiger partial charge in [-0.05, 0) is 37.8 Å². The summed E-state index contributed by atoms with van der Waals surface area (Å²) in [5.41, 5.74) is 1.36. The average Bonchev–Trinajstić information content (AvgIpc) is 3.30. The van der Waals surface area contributed by atoms with Gasteiger partial charge in [-0.1, -0.05) is 6.42 Å². The Labute approximate surface area is 214 Å². The standard InChI is InChI=1S/C24H29N9O3S/c25-11-15-12-32(13-15)37(35,36)33-18-3-1-4-19(33)8-16(7-18)27-24-20-5-2-6-26-21(20)10-22(29-24)28-23-9-17(14-34)30-31-23/h2,5-6,9-10,15-16,18-19,34H,1,3-4,7-8,12-14H2,(H3,27,28,29,30,31). The number of aromatic amines is 1. The molecule has 3 aliphatic rings. The molecular formula is C24H29N9O3S. The minimum Gasteiger partial charge on any atom is -0.390 e. The number of nitriles is 1. The van der Waals surface area contributed by atoms with Gasteiger partial charge in [0.25, 0.3) is 10.2 Å². The highest BCUT2D eigenvalue weighted by Gasteiger charge is 2.49. The van der Waals surface area contributed by atoms with Crippen molar-refractivity contribution in [3.63, 3.8) is 0 Å². The molecule has 37 heavy (non-hydrogen) atoms. The molecule has 3 aliphatic heterocycles. The Hall–Kier alpha value is -3.31. The molecule has 0 saturated carbocycles. The van der Waals surface area contributed by atoms with E-state index < -0.39 is 10.2 Å². The van der Waals surface area contributed by atoms with Crippen LogP contribution in [0.1, 0.15) is 37.8 Å². The Morgan fingerprint density at radius 2 is 1.97 bits per heavy atom. The van der Waals surface area contributed by atoms with E-state index in [0.29, 0.717) is 36.0 Å². The second-order valence-electron chi connectivity index (χ2n) is 10.0. The SMILES string of the molecule is N#CC1CN(S(=O)(=O)N2C3CCCC2CC(Nc2nc(Nc4cc(CO)[nH]n4)cc4ncccc24)C3)C1. The van der Waals surface area contributed by atoms with Crippen LogP contribution < -0.4 is 10.6 Å². The van der Waals surface area contributed by atoms with Gasteiger partial charge < -0.3 is 15.7 Å². The number of pyridine rings is 2. The van der Waals surface area contributed by atoms with Crippen molar-refractivity contribution >= 4 is 38.6 Å². The molecule has 6 rings (SSSR count). The molecule has 4 N–H and O–H groups in total. The zero-order chi connectivity index (χ0) is 25.6. The van der Waals surface area contributed by atoms with Gasteiger partial charge in [0.15, 0.2) is 5.82 Å². The minimum absolute atomic E-state index is 0.0579. The first-order valence-electron chi connectivity index (χ1n) is 12.6. The lowest BCUT2D eigenvalue weighted by Crippen LogP contribution is -2.63. The number of nitrogens with one attached hydrogen (secondary N) is 3. The summed E-state index contributed by atoms with van der Waals surface area (Å²) in [5.74, 6) is 1.58. The van der Waals surface area contributed by atoms with Gasteiger partial charge in [-0.25, -0.2) is 4.98 Å². The Kier molecular flexibility index (Phi) is 6.20. The molecule has 0 amide bonds. The van der Waals surface area contributed by atoms with Crippen LogP contribution in [0.15, 0.2) is 30.5 Å². The molecule has 0 aliphatic carbocycles. The van der Waals surface area contributed by atoms with Crippen LogP contribution in [0.4, 0.5) is 17.5 Å². The number of anilines is 3. The smallest absolute Gasteiger partial charge is 0.282 e. The van der Waals surface area contributed by atoms with Crippen molar-refractivity contribution in [2.45, 2.75) is 56.8 Å². The first-order chi connectivity index (χ1) is 17.9. The zero-order valence-corrected chi connectivity index (χ0v) is 21.0. The topological polar surface area (TPSA) is 163 Å². The molecule has 13 heteroatoms. The van der Waals surface area contributed by atoms with Gasteiger partial charge in [0.05, 0.1) is 29.8 Å². The van der Waals surface area contributed by atoms with Crippen molar-refractivity contribution < 1.29 is 13.5 Å². The largest absolute Gasteiger partial charge is 0.390 e. The van der Waals surface area contributed by atoms with E-state index in [1.165, 1.54) is 4.31 Å².